The summed E-state index contributed by atoms with van der Waals surface area (Å²) < 4.78 is 109. The first-order valence-corrected chi connectivity index (χ1v) is 18.9. The van der Waals surface area contributed by atoms with Crippen LogP contribution in [0.5, 0.6) is 0 Å². The molecule has 0 saturated heterocycles. The third kappa shape index (κ3) is 6.76. The van der Waals surface area contributed by atoms with Crippen molar-refractivity contribution in [2.24, 2.45) is 35.5 Å². The molecule has 8 rings (SSSR count). The molecule has 5 nitrogen and oxygen atoms in total. The third-order valence-corrected chi connectivity index (χ3v) is 17.6. The van der Waals surface area contributed by atoms with E-state index in [9.17, 15) is 43.2 Å². The minimum Gasteiger partial charge on any atom is -0.421 e. The van der Waals surface area contributed by atoms with Gasteiger partial charge in [-0.05, 0) is 135 Å². The molecule has 0 aromatic rings. The van der Waals surface area contributed by atoms with Crippen molar-refractivity contribution in [3.8, 4) is 0 Å². The molecule has 242 valence electrons. The number of alkyl halides is 6. The van der Waals surface area contributed by atoms with Crippen LogP contribution >= 0.6 is 7.92 Å². The monoisotopic (exact) mass is 835 g/mol. The van der Waals surface area contributed by atoms with Gasteiger partial charge in [0.2, 0.25) is 0 Å². The van der Waals surface area contributed by atoms with Gasteiger partial charge in [0, 0.05) is 0 Å². The van der Waals surface area contributed by atoms with E-state index in [1.807, 2.05) is 0 Å². The van der Waals surface area contributed by atoms with Crippen LogP contribution in [-0.4, -0.2) is 44.3 Å². The van der Waals surface area contributed by atoms with Crippen molar-refractivity contribution in [2.45, 2.75) is 118 Å². The minimum atomic E-state index is -6.72. The largest absolute Gasteiger partial charge is 1.00 e. The van der Waals surface area contributed by atoms with E-state index in [1.165, 1.54) is 6.42 Å². The van der Waals surface area contributed by atoms with Gasteiger partial charge in [-0.2, -0.15) is 26.3 Å². The van der Waals surface area contributed by atoms with E-state index in [1.54, 1.807) is 89.6 Å². The molecule has 0 amide bonds. The van der Waals surface area contributed by atoms with Gasteiger partial charge < -0.3 is 4.13 Å². The van der Waals surface area contributed by atoms with E-state index in [0.29, 0.717) is 0 Å². The van der Waals surface area contributed by atoms with Crippen LogP contribution in [0.4, 0.5) is 26.3 Å². The van der Waals surface area contributed by atoms with Crippen LogP contribution < -0.4 is 0 Å². The molecule has 0 unspecified atom stereocenters. The molecular formula is C26H39AuF6NO4PS2. The van der Waals surface area contributed by atoms with Crippen molar-refractivity contribution in [3.63, 3.8) is 0 Å². The fraction of sp³-hybridized carbons (Fsp3) is 1.00. The minimum absolute atomic E-state index is 0. The fourth-order valence-corrected chi connectivity index (χ4v) is 17.5. The molecule has 0 spiro atoms. The maximum absolute atomic E-state index is 11.4. The zero-order valence-electron chi connectivity index (χ0n) is 23.0. The van der Waals surface area contributed by atoms with Gasteiger partial charge in [-0.25, -0.2) is 16.8 Å². The van der Waals surface area contributed by atoms with Gasteiger partial charge in [0.1, 0.15) is 0 Å². The third-order valence-electron chi connectivity index (χ3n) is 10.7. The smallest absolute Gasteiger partial charge is 0.421 e. The Labute approximate surface area is 256 Å². The molecule has 0 aliphatic heterocycles. The molecule has 0 heterocycles. The molecule has 8 saturated carbocycles. The van der Waals surface area contributed by atoms with E-state index >= 15 is 0 Å². The summed E-state index contributed by atoms with van der Waals surface area (Å²) in [4.78, 5) is 0. The van der Waals surface area contributed by atoms with Gasteiger partial charge in [-0.3, -0.25) is 0 Å². The summed E-state index contributed by atoms with van der Waals surface area (Å²) in [5.74, 6) is 6.95. The quantitative estimate of drug-likeness (QED) is 0.147. The molecular weight excluding hydrogens is 796 g/mol. The van der Waals surface area contributed by atoms with Crippen LogP contribution in [0.3, 0.4) is 0 Å². The van der Waals surface area contributed by atoms with E-state index < -0.39 is 31.1 Å². The Balaban J connectivity index is 0.000000212. The second-order valence-corrected chi connectivity index (χ2v) is 20.3. The second kappa shape index (κ2) is 11.8. The molecule has 8 bridgehead atoms. The number of nitrogens with zero attached hydrogens (tertiary/aromatic N) is 1. The zero-order valence-corrected chi connectivity index (χ0v) is 27.7. The van der Waals surface area contributed by atoms with Crippen LogP contribution in [0, 0.1) is 35.5 Å². The van der Waals surface area contributed by atoms with Gasteiger partial charge in [-0.15, -0.1) is 0 Å². The molecule has 8 aliphatic carbocycles. The summed E-state index contributed by atoms with van der Waals surface area (Å²) in [6, 6.07) is 0. The first-order chi connectivity index (χ1) is 18.4. The second-order valence-electron chi connectivity index (χ2n) is 13.7. The molecule has 0 N–H and O–H groups in total. The molecule has 0 aromatic heterocycles. The van der Waals surface area contributed by atoms with Crippen molar-refractivity contribution in [3.05, 3.63) is 4.13 Å². The first-order valence-electron chi connectivity index (χ1n) is 14.5. The standard InChI is InChI=1S/C24H39P.C2F6NO4S2.Au/c1-2-3-4-25(23-11-17-5-18(12-23)7-19(6-17)13-23)24-14-20-8-21(15-24)10-22(9-20)16-24;3-1(4,5)14(10,11)9-15(12,13)2(6,7)8;/h17-22H,2-16H2,1H3;;/q;-1;+1. The Hall–Kier alpha value is 0.610. The Bertz CT molecular complexity index is 1020. The van der Waals surface area contributed by atoms with Crippen molar-refractivity contribution < 1.29 is 65.6 Å². The number of hydrogen-bond acceptors (Lipinski definition) is 4. The topological polar surface area (TPSA) is 82.4 Å². The fourth-order valence-electron chi connectivity index (χ4n) is 10.3. The van der Waals surface area contributed by atoms with Gasteiger partial charge in [0.15, 0.2) is 20.0 Å². The Morgan fingerprint density at radius 1 is 0.634 bits per heavy atom. The van der Waals surface area contributed by atoms with Crippen LogP contribution in [0.1, 0.15) is 96.8 Å². The number of hydrogen-bond donors (Lipinski definition) is 0. The maximum Gasteiger partial charge on any atom is 1.00 e. The summed E-state index contributed by atoms with van der Waals surface area (Å²) in [7, 11) is -13.2. The normalized spacial score (nSPS) is 40.1. The van der Waals surface area contributed by atoms with E-state index in [-0.39, 0.29) is 30.3 Å². The average Bonchev–Trinajstić information content (AvgIpc) is 2.75. The van der Waals surface area contributed by atoms with Gasteiger partial charge in [0.25, 0.3) is 0 Å². The summed E-state index contributed by atoms with van der Waals surface area (Å²) in [6.45, 7) is 2.45. The summed E-state index contributed by atoms with van der Waals surface area (Å²) >= 11 is 0. The summed E-state index contributed by atoms with van der Waals surface area (Å²) in [5.41, 5.74) is -12.4. The maximum atomic E-state index is 11.4. The SMILES string of the molecule is CCCCP(C12CC3CC(CC(C3)C1)C2)C12CC3CC(CC(C3)C1)C2.O=S(=O)([N-]S(=O)(=O)C(F)(F)F)C(F)(F)F.[Au+]. The molecule has 8 fully saturated rings. The van der Waals surface area contributed by atoms with Crippen LogP contribution in [0.2, 0.25) is 0 Å². The number of halogens is 6. The molecule has 8 aliphatic rings. The average molecular weight is 836 g/mol. The van der Waals surface area contributed by atoms with Gasteiger partial charge >= 0.3 is 33.4 Å². The first kappa shape index (κ1) is 34.5. The van der Waals surface area contributed by atoms with Crippen LogP contribution in [0.25, 0.3) is 4.13 Å². The van der Waals surface area contributed by atoms with Gasteiger partial charge in [-0.1, -0.05) is 21.3 Å². The molecule has 41 heavy (non-hydrogen) atoms. The van der Waals surface area contributed by atoms with Crippen molar-refractivity contribution >= 4 is 28.0 Å². The van der Waals surface area contributed by atoms with Gasteiger partial charge in [0.05, 0.1) is 0 Å². The zero-order chi connectivity index (χ0) is 29.4. The molecule has 0 atom stereocenters. The number of rotatable bonds is 7. The van der Waals surface area contributed by atoms with Crippen molar-refractivity contribution in [2.75, 3.05) is 6.16 Å². The predicted molar refractivity (Wildman–Crippen MR) is 142 cm³/mol. The molecule has 0 radical (unpaired) electrons. The Morgan fingerprint density at radius 2 is 0.902 bits per heavy atom. The van der Waals surface area contributed by atoms with E-state index in [2.05, 4.69) is 6.92 Å². The van der Waals surface area contributed by atoms with Crippen LogP contribution in [-0.2, 0) is 42.4 Å². The van der Waals surface area contributed by atoms with Crippen molar-refractivity contribution in [1.82, 2.24) is 0 Å². The molecule has 0 aromatic carbocycles. The predicted octanol–water partition coefficient (Wildman–Crippen LogP) is 8.26. The Kier molecular flexibility index (Phi) is 9.89. The Morgan fingerprint density at radius 3 is 1.12 bits per heavy atom. The van der Waals surface area contributed by atoms with E-state index in [0.717, 1.165) is 49.9 Å². The number of unbranched alkanes of at least 4 members (excludes halogenated alkanes) is 1. The van der Waals surface area contributed by atoms with Crippen molar-refractivity contribution in [1.29, 1.82) is 0 Å². The number of sulfonamides is 2. The summed E-state index contributed by atoms with van der Waals surface area (Å²) in [5, 5.41) is 1.76. The van der Waals surface area contributed by atoms with E-state index in [4.69, 9.17) is 0 Å². The van der Waals surface area contributed by atoms with Crippen LogP contribution in [0.15, 0.2) is 0 Å². The molecule has 15 heteroatoms. The summed E-state index contributed by atoms with van der Waals surface area (Å²) in [6.07, 6.45) is 24.6.